The highest BCUT2D eigenvalue weighted by atomic mass is 32.2. The molecule has 0 saturated heterocycles. The number of anilines is 2. The summed E-state index contributed by atoms with van der Waals surface area (Å²) in [5.74, 6) is 0.0819. The highest BCUT2D eigenvalue weighted by molar-refractivity contribution is 7.84. The second-order valence-electron chi connectivity index (χ2n) is 7.15. The number of likely N-dealkylation sites (N-methyl/N-ethyl adjacent to an activating group) is 1. The Morgan fingerprint density at radius 1 is 1.23 bits per heavy atom. The maximum absolute atomic E-state index is 13.5. The Labute approximate surface area is 178 Å². The van der Waals surface area contributed by atoms with E-state index >= 15 is 0 Å². The van der Waals surface area contributed by atoms with Crippen molar-refractivity contribution < 1.29 is 17.4 Å². The Morgan fingerprint density at radius 3 is 2.73 bits per heavy atom. The van der Waals surface area contributed by atoms with E-state index in [0.29, 0.717) is 9.77 Å². The third kappa shape index (κ3) is 4.40. The van der Waals surface area contributed by atoms with Crippen molar-refractivity contribution in [2.75, 3.05) is 25.2 Å². The summed E-state index contributed by atoms with van der Waals surface area (Å²) in [6.07, 6.45) is -1.41. The van der Waals surface area contributed by atoms with E-state index in [9.17, 15) is 17.4 Å². The largest absolute Gasteiger partial charge is 0.420 e. The Morgan fingerprint density at radius 2 is 2.03 bits per heavy atom. The van der Waals surface area contributed by atoms with E-state index in [1.54, 1.807) is 5.38 Å². The van der Waals surface area contributed by atoms with Crippen LogP contribution in [0.25, 0.3) is 10.6 Å². The monoisotopic (exact) mass is 452 g/mol. The molecule has 3 aromatic rings. The molecule has 1 aliphatic heterocycles. The minimum atomic E-state index is -4.60. The van der Waals surface area contributed by atoms with Gasteiger partial charge in [-0.15, -0.1) is 11.3 Å². The number of nitrogens with zero attached hydrogens (tertiary/aromatic N) is 3. The van der Waals surface area contributed by atoms with Crippen LogP contribution >= 0.6 is 11.3 Å². The lowest BCUT2D eigenvalue weighted by molar-refractivity contribution is -0.137. The van der Waals surface area contributed by atoms with Gasteiger partial charge in [-0.3, -0.25) is 4.21 Å². The van der Waals surface area contributed by atoms with Crippen molar-refractivity contribution in [2.24, 2.45) is 0 Å². The van der Waals surface area contributed by atoms with E-state index in [4.69, 9.17) is 0 Å². The van der Waals surface area contributed by atoms with Gasteiger partial charge in [0.1, 0.15) is 5.56 Å². The quantitative estimate of drug-likeness (QED) is 0.622. The third-order valence-electron chi connectivity index (χ3n) is 4.90. The molecule has 30 heavy (non-hydrogen) atoms. The van der Waals surface area contributed by atoms with Gasteiger partial charge in [-0.05, 0) is 42.8 Å². The van der Waals surface area contributed by atoms with Gasteiger partial charge in [-0.25, -0.2) is 9.97 Å². The van der Waals surface area contributed by atoms with Crippen LogP contribution in [0.3, 0.4) is 0 Å². The zero-order valence-corrected chi connectivity index (χ0v) is 17.9. The normalized spacial score (nSPS) is 15.6. The number of benzene rings is 1. The first-order valence-electron chi connectivity index (χ1n) is 9.14. The lowest BCUT2D eigenvalue weighted by Crippen LogP contribution is -2.26. The molecule has 5 nitrogen and oxygen atoms in total. The van der Waals surface area contributed by atoms with Crippen molar-refractivity contribution in [1.29, 1.82) is 0 Å². The van der Waals surface area contributed by atoms with Gasteiger partial charge in [0.05, 0.1) is 21.4 Å². The smallest absolute Gasteiger partial charge is 0.324 e. The van der Waals surface area contributed by atoms with Gasteiger partial charge in [0.2, 0.25) is 5.95 Å². The zero-order chi connectivity index (χ0) is 21.5. The van der Waals surface area contributed by atoms with Gasteiger partial charge in [0.25, 0.3) is 0 Å². The fourth-order valence-electron chi connectivity index (χ4n) is 3.33. The number of nitrogens with one attached hydrogen (secondary N) is 1. The Balaban J connectivity index is 1.68. The number of rotatable bonds is 4. The molecule has 3 heterocycles. The van der Waals surface area contributed by atoms with E-state index in [0.717, 1.165) is 42.7 Å². The van der Waals surface area contributed by atoms with Gasteiger partial charge in [0, 0.05) is 41.5 Å². The minimum absolute atomic E-state index is 0.0819. The number of thiophene rings is 1. The van der Waals surface area contributed by atoms with Crippen LogP contribution in [0.15, 0.2) is 40.7 Å². The number of aromatic nitrogens is 2. The topological polar surface area (TPSA) is 58.1 Å². The number of hydrogen-bond acceptors (Lipinski definition) is 6. The maximum Gasteiger partial charge on any atom is 0.420 e. The van der Waals surface area contributed by atoms with Gasteiger partial charge in [-0.2, -0.15) is 13.2 Å². The first-order chi connectivity index (χ1) is 14.2. The molecule has 0 saturated carbocycles. The Bertz CT molecular complexity index is 1110. The zero-order valence-electron chi connectivity index (χ0n) is 16.3. The van der Waals surface area contributed by atoms with Crippen LogP contribution in [0.4, 0.5) is 24.8 Å². The minimum Gasteiger partial charge on any atom is -0.324 e. The molecule has 0 amide bonds. The highest BCUT2D eigenvalue weighted by Crippen LogP contribution is 2.39. The molecule has 158 valence electrons. The third-order valence-corrected chi connectivity index (χ3v) is 6.89. The number of hydrogen-bond donors (Lipinski definition) is 1. The molecule has 0 spiro atoms. The second kappa shape index (κ2) is 8.09. The second-order valence-corrected chi connectivity index (χ2v) is 9.44. The molecule has 1 unspecified atom stereocenters. The molecule has 1 aliphatic rings. The van der Waals surface area contributed by atoms with E-state index in [2.05, 4.69) is 27.2 Å². The first-order valence-corrected chi connectivity index (χ1v) is 11.6. The number of halogens is 3. The summed E-state index contributed by atoms with van der Waals surface area (Å²) in [5, 5.41) is 4.61. The van der Waals surface area contributed by atoms with Crippen molar-refractivity contribution in [2.45, 2.75) is 24.0 Å². The number of fused-ring (bicyclic) bond motifs is 1. The summed E-state index contributed by atoms with van der Waals surface area (Å²) in [5.41, 5.74) is 2.03. The standard InChI is InChI=1S/C20H19F3N4OS2/c1-27-6-5-12-7-14(4-3-13(12)10-27)25-19-24-9-16(20(21,22)23)18(26-19)17-8-15(11-29-17)30(2)28/h3-4,7-9,11H,5-6,10H2,1-2H3,(H,24,25,26). The summed E-state index contributed by atoms with van der Waals surface area (Å²) in [7, 11) is 0.782. The fourth-order valence-corrected chi connectivity index (χ4v) is 5.15. The number of alkyl halides is 3. The van der Waals surface area contributed by atoms with E-state index in [-0.39, 0.29) is 11.6 Å². The Kier molecular flexibility index (Phi) is 5.65. The van der Waals surface area contributed by atoms with E-state index < -0.39 is 22.5 Å². The summed E-state index contributed by atoms with van der Waals surface area (Å²) >= 11 is 1.08. The van der Waals surface area contributed by atoms with Crippen LogP contribution in [0.1, 0.15) is 16.7 Å². The van der Waals surface area contributed by atoms with Gasteiger partial charge < -0.3 is 10.2 Å². The van der Waals surface area contributed by atoms with Crippen LogP contribution in [0, 0.1) is 0 Å². The van der Waals surface area contributed by atoms with Crippen molar-refractivity contribution in [3.05, 3.63) is 52.5 Å². The molecule has 1 aromatic carbocycles. The lowest BCUT2D eigenvalue weighted by atomic mass is 9.99. The summed E-state index contributed by atoms with van der Waals surface area (Å²) in [6.45, 7) is 1.83. The molecule has 0 fully saturated rings. The van der Waals surface area contributed by atoms with Crippen LogP contribution in [0.5, 0.6) is 0 Å². The van der Waals surface area contributed by atoms with Crippen LogP contribution in [-0.2, 0) is 29.9 Å². The summed E-state index contributed by atoms with van der Waals surface area (Å²) in [4.78, 5) is 11.1. The fraction of sp³-hybridized carbons (Fsp3) is 0.300. The molecule has 1 N–H and O–H groups in total. The molecule has 0 radical (unpaired) electrons. The van der Waals surface area contributed by atoms with Gasteiger partial charge >= 0.3 is 6.18 Å². The Hall–Kier alpha value is -2.30. The SMILES string of the molecule is CN1CCc2cc(Nc3ncc(C(F)(F)F)c(-c4cc(S(C)=O)cs4)n3)ccc2C1. The molecule has 0 aliphatic carbocycles. The van der Waals surface area contributed by atoms with Crippen LogP contribution in [0.2, 0.25) is 0 Å². The molecular formula is C20H19F3N4OS2. The molecule has 10 heteroatoms. The summed E-state index contributed by atoms with van der Waals surface area (Å²) in [6, 6.07) is 7.37. The van der Waals surface area contributed by atoms with Crippen molar-refractivity contribution in [3.8, 4) is 10.6 Å². The van der Waals surface area contributed by atoms with Crippen LogP contribution in [-0.4, -0.2) is 38.9 Å². The predicted molar refractivity (Wildman–Crippen MR) is 112 cm³/mol. The molecule has 0 bridgehead atoms. The lowest BCUT2D eigenvalue weighted by Gasteiger charge is -2.25. The van der Waals surface area contributed by atoms with Crippen molar-refractivity contribution in [1.82, 2.24) is 14.9 Å². The van der Waals surface area contributed by atoms with E-state index in [1.165, 1.54) is 23.4 Å². The van der Waals surface area contributed by atoms with Gasteiger partial charge in [-0.1, -0.05) is 6.07 Å². The summed E-state index contributed by atoms with van der Waals surface area (Å²) < 4.78 is 52.2. The molecular weight excluding hydrogens is 433 g/mol. The first kappa shape index (κ1) is 21.0. The average Bonchev–Trinajstić information content (AvgIpc) is 3.18. The van der Waals surface area contributed by atoms with Crippen molar-refractivity contribution >= 4 is 33.8 Å². The predicted octanol–water partition coefficient (Wildman–Crippen LogP) is 4.69. The van der Waals surface area contributed by atoms with E-state index in [1.807, 2.05) is 18.2 Å². The average molecular weight is 453 g/mol. The molecule has 4 rings (SSSR count). The highest BCUT2D eigenvalue weighted by Gasteiger charge is 2.36. The maximum atomic E-state index is 13.5. The molecule has 1 atom stereocenters. The van der Waals surface area contributed by atoms with Gasteiger partial charge in [0.15, 0.2) is 0 Å². The molecule has 2 aromatic heterocycles. The van der Waals surface area contributed by atoms with Crippen LogP contribution < -0.4 is 5.32 Å². The van der Waals surface area contributed by atoms with Crippen molar-refractivity contribution in [3.63, 3.8) is 0 Å².